The van der Waals surface area contributed by atoms with E-state index in [1.165, 1.54) is 51.5 Å². The molecule has 110 valence electrons. The SMILES string of the molecule is CCCNC1CCC(N2C3CCC2CC(O)C3)CC1. The summed E-state index contributed by atoms with van der Waals surface area (Å²) in [5.74, 6) is 0. The molecule has 0 amide bonds. The maximum atomic E-state index is 9.91. The first-order chi connectivity index (χ1) is 9.28. The van der Waals surface area contributed by atoms with Crippen LogP contribution in [-0.2, 0) is 0 Å². The van der Waals surface area contributed by atoms with Gasteiger partial charge in [-0.05, 0) is 64.3 Å². The van der Waals surface area contributed by atoms with Gasteiger partial charge >= 0.3 is 0 Å². The van der Waals surface area contributed by atoms with Crippen molar-refractivity contribution in [3.05, 3.63) is 0 Å². The van der Waals surface area contributed by atoms with Crippen molar-refractivity contribution in [2.75, 3.05) is 6.54 Å². The Morgan fingerprint density at radius 3 is 2.11 bits per heavy atom. The highest BCUT2D eigenvalue weighted by atomic mass is 16.3. The molecule has 2 unspecified atom stereocenters. The van der Waals surface area contributed by atoms with Crippen LogP contribution in [0, 0.1) is 0 Å². The van der Waals surface area contributed by atoms with Crippen molar-refractivity contribution in [3.8, 4) is 0 Å². The average Bonchev–Trinajstić information content (AvgIpc) is 2.69. The first-order valence-electron chi connectivity index (χ1n) is 8.46. The van der Waals surface area contributed by atoms with E-state index in [9.17, 15) is 5.11 Å². The number of aliphatic hydroxyl groups excluding tert-OH is 1. The van der Waals surface area contributed by atoms with Gasteiger partial charge in [0.2, 0.25) is 0 Å². The molecule has 2 N–H and O–H groups in total. The molecule has 2 heterocycles. The summed E-state index contributed by atoms with van der Waals surface area (Å²) in [6.45, 7) is 3.42. The van der Waals surface area contributed by atoms with Gasteiger partial charge in [-0.2, -0.15) is 0 Å². The highest BCUT2D eigenvalue weighted by Gasteiger charge is 2.43. The zero-order valence-corrected chi connectivity index (χ0v) is 12.4. The summed E-state index contributed by atoms with van der Waals surface area (Å²) >= 11 is 0. The summed E-state index contributed by atoms with van der Waals surface area (Å²) in [4.78, 5) is 2.81. The number of hydrogen-bond acceptors (Lipinski definition) is 3. The van der Waals surface area contributed by atoms with Gasteiger partial charge in [0.15, 0.2) is 0 Å². The summed E-state index contributed by atoms with van der Waals surface area (Å²) in [5, 5.41) is 13.6. The number of rotatable bonds is 4. The van der Waals surface area contributed by atoms with E-state index in [1.807, 2.05) is 0 Å². The lowest BCUT2D eigenvalue weighted by Crippen LogP contribution is -2.52. The van der Waals surface area contributed by atoms with Gasteiger partial charge in [0, 0.05) is 24.2 Å². The predicted molar refractivity (Wildman–Crippen MR) is 78.2 cm³/mol. The molecule has 0 radical (unpaired) electrons. The Hall–Kier alpha value is -0.120. The first kappa shape index (κ1) is 13.8. The second-order valence-corrected chi connectivity index (χ2v) is 6.92. The predicted octanol–water partition coefficient (Wildman–Crippen LogP) is 2.28. The lowest BCUT2D eigenvalue weighted by Gasteiger charge is -2.45. The van der Waals surface area contributed by atoms with Gasteiger partial charge in [-0.3, -0.25) is 4.90 Å². The van der Waals surface area contributed by atoms with Gasteiger partial charge in [0.05, 0.1) is 6.10 Å². The molecule has 0 spiro atoms. The fourth-order valence-electron chi connectivity index (χ4n) is 4.71. The van der Waals surface area contributed by atoms with Crippen LogP contribution in [0.4, 0.5) is 0 Å². The average molecular weight is 266 g/mol. The van der Waals surface area contributed by atoms with Crippen LogP contribution in [0.15, 0.2) is 0 Å². The number of piperidine rings is 1. The molecule has 3 nitrogen and oxygen atoms in total. The second-order valence-electron chi connectivity index (χ2n) is 6.92. The van der Waals surface area contributed by atoms with Crippen LogP contribution in [-0.4, -0.2) is 46.8 Å². The van der Waals surface area contributed by atoms with Gasteiger partial charge in [0.1, 0.15) is 0 Å². The van der Waals surface area contributed by atoms with Gasteiger partial charge in [-0.15, -0.1) is 0 Å². The standard InChI is InChI=1S/C16H30N2O/c1-2-9-17-12-3-5-13(6-4-12)18-14-7-8-15(18)11-16(19)10-14/h12-17,19H,2-11H2,1H3. The maximum Gasteiger partial charge on any atom is 0.0570 e. The summed E-state index contributed by atoms with van der Waals surface area (Å²) < 4.78 is 0. The van der Waals surface area contributed by atoms with Crippen molar-refractivity contribution in [2.45, 2.75) is 95.0 Å². The number of aliphatic hydroxyl groups is 1. The van der Waals surface area contributed by atoms with Crippen LogP contribution >= 0.6 is 0 Å². The van der Waals surface area contributed by atoms with Crippen molar-refractivity contribution >= 4 is 0 Å². The Balaban J connectivity index is 1.52. The van der Waals surface area contributed by atoms with E-state index >= 15 is 0 Å². The number of fused-ring (bicyclic) bond motifs is 2. The third-order valence-electron chi connectivity index (χ3n) is 5.57. The summed E-state index contributed by atoms with van der Waals surface area (Å²) in [7, 11) is 0. The quantitative estimate of drug-likeness (QED) is 0.819. The topological polar surface area (TPSA) is 35.5 Å². The van der Waals surface area contributed by atoms with Gasteiger partial charge < -0.3 is 10.4 Å². The zero-order valence-electron chi connectivity index (χ0n) is 12.4. The second kappa shape index (κ2) is 6.11. The molecule has 19 heavy (non-hydrogen) atoms. The molecule has 2 atom stereocenters. The van der Waals surface area contributed by atoms with Gasteiger partial charge in [0.25, 0.3) is 0 Å². The van der Waals surface area contributed by atoms with Crippen LogP contribution in [0.5, 0.6) is 0 Å². The van der Waals surface area contributed by atoms with E-state index in [4.69, 9.17) is 0 Å². The van der Waals surface area contributed by atoms with E-state index in [0.717, 1.165) is 24.9 Å². The highest BCUT2D eigenvalue weighted by molar-refractivity contribution is 4.99. The van der Waals surface area contributed by atoms with E-state index in [0.29, 0.717) is 12.1 Å². The normalized spacial score (nSPS) is 43.6. The summed E-state index contributed by atoms with van der Waals surface area (Å²) in [5.41, 5.74) is 0. The van der Waals surface area contributed by atoms with Crippen LogP contribution in [0.1, 0.15) is 64.7 Å². The lowest BCUT2D eigenvalue weighted by atomic mass is 9.87. The third kappa shape index (κ3) is 2.98. The van der Waals surface area contributed by atoms with E-state index in [2.05, 4.69) is 17.1 Å². The minimum atomic E-state index is -0.0173. The Bertz CT molecular complexity index is 274. The molecule has 2 bridgehead atoms. The van der Waals surface area contributed by atoms with Crippen LogP contribution < -0.4 is 5.32 Å². The van der Waals surface area contributed by atoms with Crippen molar-refractivity contribution in [2.24, 2.45) is 0 Å². The van der Waals surface area contributed by atoms with Crippen molar-refractivity contribution in [1.29, 1.82) is 0 Å². The first-order valence-corrected chi connectivity index (χ1v) is 8.46. The molecule has 0 aromatic carbocycles. The molecular weight excluding hydrogens is 236 g/mol. The summed E-state index contributed by atoms with van der Waals surface area (Å²) in [6.07, 6.45) is 11.4. The molecule has 3 rings (SSSR count). The molecule has 0 aromatic heterocycles. The van der Waals surface area contributed by atoms with Crippen LogP contribution in [0.2, 0.25) is 0 Å². The molecule has 1 aliphatic carbocycles. The minimum absolute atomic E-state index is 0.0173. The maximum absolute atomic E-state index is 9.91. The number of nitrogens with zero attached hydrogens (tertiary/aromatic N) is 1. The molecular formula is C16H30N2O. The Labute approximate surface area is 117 Å². The Kier molecular flexibility index (Phi) is 4.45. The smallest absolute Gasteiger partial charge is 0.0570 e. The zero-order chi connectivity index (χ0) is 13.2. The van der Waals surface area contributed by atoms with E-state index in [-0.39, 0.29) is 6.10 Å². The minimum Gasteiger partial charge on any atom is -0.393 e. The number of hydrogen-bond donors (Lipinski definition) is 2. The van der Waals surface area contributed by atoms with E-state index in [1.54, 1.807) is 0 Å². The molecule has 3 aliphatic rings. The molecule has 3 fully saturated rings. The van der Waals surface area contributed by atoms with E-state index < -0.39 is 0 Å². The molecule has 1 saturated carbocycles. The fraction of sp³-hybridized carbons (Fsp3) is 1.00. The van der Waals surface area contributed by atoms with Crippen molar-refractivity contribution in [1.82, 2.24) is 10.2 Å². The van der Waals surface area contributed by atoms with Crippen LogP contribution in [0.25, 0.3) is 0 Å². The molecule has 3 heteroatoms. The Morgan fingerprint density at radius 1 is 0.947 bits per heavy atom. The van der Waals surface area contributed by atoms with Crippen LogP contribution in [0.3, 0.4) is 0 Å². The lowest BCUT2D eigenvalue weighted by molar-refractivity contribution is -0.00144. The van der Waals surface area contributed by atoms with Gasteiger partial charge in [-0.25, -0.2) is 0 Å². The largest absolute Gasteiger partial charge is 0.393 e. The van der Waals surface area contributed by atoms with Crippen molar-refractivity contribution in [3.63, 3.8) is 0 Å². The van der Waals surface area contributed by atoms with Gasteiger partial charge in [-0.1, -0.05) is 6.92 Å². The fourth-order valence-corrected chi connectivity index (χ4v) is 4.71. The third-order valence-corrected chi connectivity index (χ3v) is 5.57. The highest BCUT2D eigenvalue weighted by Crippen LogP contribution is 2.40. The monoisotopic (exact) mass is 266 g/mol. The molecule has 2 saturated heterocycles. The number of nitrogens with one attached hydrogen (secondary N) is 1. The molecule has 2 aliphatic heterocycles. The Morgan fingerprint density at radius 2 is 1.53 bits per heavy atom. The summed E-state index contributed by atoms with van der Waals surface area (Å²) in [6, 6.07) is 2.96. The molecule has 0 aromatic rings. The van der Waals surface area contributed by atoms with Crippen molar-refractivity contribution < 1.29 is 5.11 Å².